The molecule has 1 aliphatic rings. The van der Waals surface area contributed by atoms with E-state index >= 15 is 0 Å². The SMILES string of the molecule is C=C(O)C[C@H]1CC[C@@H](N)CC1. The van der Waals surface area contributed by atoms with E-state index in [0.29, 0.717) is 17.7 Å². The summed E-state index contributed by atoms with van der Waals surface area (Å²) in [6.45, 7) is 3.49. The Morgan fingerprint density at radius 2 is 1.91 bits per heavy atom. The van der Waals surface area contributed by atoms with Crippen LogP contribution in [0.5, 0.6) is 0 Å². The normalized spacial score (nSPS) is 31.7. The second kappa shape index (κ2) is 3.77. The van der Waals surface area contributed by atoms with Crippen LogP contribution in [0.2, 0.25) is 0 Å². The van der Waals surface area contributed by atoms with E-state index in [4.69, 9.17) is 10.8 Å². The van der Waals surface area contributed by atoms with E-state index in [1.807, 2.05) is 0 Å². The van der Waals surface area contributed by atoms with Gasteiger partial charge in [-0.15, -0.1) is 0 Å². The van der Waals surface area contributed by atoms with Crippen molar-refractivity contribution in [3.05, 3.63) is 12.3 Å². The molecule has 1 aliphatic carbocycles. The molecule has 0 saturated heterocycles. The summed E-state index contributed by atoms with van der Waals surface area (Å²) < 4.78 is 0. The van der Waals surface area contributed by atoms with Crippen LogP contribution >= 0.6 is 0 Å². The molecule has 0 bridgehead atoms. The molecule has 0 aromatic rings. The van der Waals surface area contributed by atoms with Crippen molar-refractivity contribution in [2.45, 2.75) is 38.1 Å². The molecule has 1 fully saturated rings. The minimum atomic E-state index is 0.325. The van der Waals surface area contributed by atoms with Gasteiger partial charge in [0.1, 0.15) is 0 Å². The van der Waals surface area contributed by atoms with Gasteiger partial charge in [0, 0.05) is 12.5 Å². The highest BCUT2D eigenvalue weighted by Gasteiger charge is 2.18. The summed E-state index contributed by atoms with van der Waals surface area (Å²) in [5, 5.41) is 8.94. The molecule has 1 rings (SSSR count). The first-order valence-electron chi connectivity index (χ1n) is 4.31. The van der Waals surface area contributed by atoms with Crippen LogP contribution in [0.25, 0.3) is 0 Å². The molecule has 64 valence electrons. The molecule has 11 heavy (non-hydrogen) atoms. The monoisotopic (exact) mass is 155 g/mol. The highest BCUT2D eigenvalue weighted by Crippen LogP contribution is 2.27. The van der Waals surface area contributed by atoms with Gasteiger partial charge in [0.05, 0.1) is 5.76 Å². The number of aliphatic hydroxyl groups excluding tert-OH is 1. The highest BCUT2D eigenvalue weighted by molar-refractivity contribution is 4.85. The molecule has 0 aromatic heterocycles. The molecule has 0 atom stereocenters. The van der Waals surface area contributed by atoms with Crippen LogP contribution in [-0.2, 0) is 0 Å². The Kier molecular flexibility index (Phi) is 2.94. The Balaban J connectivity index is 2.22. The maximum absolute atomic E-state index is 8.94. The first-order chi connectivity index (χ1) is 5.18. The molecule has 0 unspecified atom stereocenters. The lowest BCUT2D eigenvalue weighted by atomic mass is 9.84. The molecule has 0 amide bonds. The molecule has 0 aliphatic heterocycles. The molecule has 0 heterocycles. The van der Waals surface area contributed by atoms with Crippen molar-refractivity contribution in [3.63, 3.8) is 0 Å². The minimum absolute atomic E-state index is 0.325. The zero-order valence-corrected chi connectivity index (χ0v) is 6.92. The van der Waals surface area contributed by atoms with Gasteiger partial charge in [-0.1, -0.05) is 6.58 Å². The third-order valence-corrected chi connectivity index (χ3v) is 2.42. The predicted octanol–water partition coefficient (Wildman–Crippen LogP) is 1.97. The average Bonchev–Trinajstić information content (AvgIpc) is 1.93. The van der Waals surface area contributed by atoms with Crippen molar-refractivity contribution in [1.29, 1.82) is 0 Å². The number of rotatable bonds is 2. The Morgan fingerprint density at radius 1 is 1.36 bits per heavy atom. The molecule has 0 aromatic carbocycles. The maximum atomic E-state index is 8.94. The number of nitrogens with two attached hydrogens (primary N) is 1. The second-order valence-corrected chi connectivity index (χ2v) is 3.55. The summed E-state index contributed by atoms with van der Waals surface area (Å²) >= 11 is 0. The van der Waals surface area contributed by atoms with Crippen LogP contribution in [0.1, 0.15) is 32.1 Å². The number of hydrogen-bond donors (Lipinski definition) is 2. The minimum Gasteiger partial charge on any atom is -0.513 e. The van der Waals surface area contributed by atoms with Crippen molar-refractivity contribution in [1.82, 2.24) is 0 Å². The topological polar surface area (TPSA) is 46.2 Å². The highest BCUT2D eigenvalue weighted by atomic mass is 16.3. The standard InChI is InChI=1S/C9H17NO/c1-7(11)6-8-2-4-9(10)5-3-8/h8-9,11H,1-6,10H2/t8-,9+. The van der Waals surface area contributed by atoms with Gasteiger partial charge in [-0.25, -0.2) is 0 Å². The van der Waals surface area contributed by atoms with E-state index < -0.39 is 0 Å². The van der Waals surface area contributed by atoms with Crippen molar-refractivity contribution in [2.75, 3.05) is 0 Å². The fourth-order valence-electron chi connectivity index (χ4n) is 1.73. The Labute approximate surface area is 68.1 Å². The van der Waals surface area contributed by atoms with Crippen molar-refractivity contribution >= 4 is 0 Å². The maximum Gasteiger partial charge on any atom is 0.0853 e. The van der Waals surface area contributed by atoms with Crippen LogP contribution in [0, 0.1) is 5.92 Å². The Morgan fingerprint density at radius 3 is 2.36 bits per heavy atom. The van der Waals surface area contributed by atoms with Gasteiger partial charge in [0.15, 0.2) is 0 Å². The molecule has 2 nitrogen and oxygen atoms in total. The lowest BCUT2D eigenvalue weighted by Crippen LogP contribution is -2.26. The first-order valence-corrected chi connectivity index (χ1v) is 4.31. The smallest absolute Gasteiger partial charge is 0.0853 e. The van der Waals surface area contributed by atoms with Gasteiger partial charge < -0.3 is 10.8 Å². The van der Waals surface area contributed by atoms with Gasteiger partial charge in [0.25, 0.3) is 0 Å². The summed E-state index contributed by atoms with van der Waals surface area (Å²) in [5.74, 6) is 0.956. The van der Waals surface area contributed by atoms with Crippen LogP contribution in [0.4, 0.5) is 0 Å². The van der Waals surface area contributed by atoms with Gasteiger partial charge in [-0.05, 0) is 31.6 Å². The van der Waals surface area contributed by atoms with Crippen LogP contribution in [0.15, 0.2) is 12.3 Å². The van der Waals surface area contributed by atoms with Crippen LogP contribution < -0.4 is 5.73 Å². The quantitative estimate of drug-likeness (QED) is 0.599. The van der Waals surface area contributed by atoms with Crippen molar-refractivity contribution in [3.8, 4) is 0 Å². The van der Waals surface area contributed by atoms with Crippen molar-refractivity contribution in [2.24, 2.45) is 11.7 Å². The van der Waals surface area contributed by atoms with E-state index in [9.17, 15) is 0 Å². The third kappa shape index (κ3) is 2.93. The lowest BCUT2D eigenvalue weighted by Gasteiger charge is -2.25. The summed E-state index contributed by atoms with van der Waals surface area (Å²) in [5.41, 5.74) is 5.74. The fourth-order valence-corrected chi connectivity index (χ4v) is 1.73. The largest absolute Gasteiger partial charge is 0.513 e. The Bertz CT molecular complexity index is 136. The van der Waals surface area contributed by atoms with Gasteiger partial charge in [-0.3, -0.25) is 0 Å². The fraction of sp³-hybridized carbons (Fsp3) is 0.778. The first kappa shape index (κ1) is 8.60. The van der Waals surface area contributed by atoms with E-state index in [-0.39, 0.29) is 0 Å². The molecule has 0 radical (unpaired) electrons. The van der Waals surface area contributed by atoms with Gasteiger partial charge in [-0.2, -0.15) is 0 Å². The van der Waals surface area contributed by atoms with Crippen LogP contribution in [-0.4, -0.2) is 11.1 Å². The Hall–Kier alpha value is -0.500. The summed E-state index contributed by atoms with van der Waals surface area (Å²) in [7, 11) is 0. The molecule has 2 heteroatoms. The summed E-state index contributed by atoms with van der Waals surface area (Å²) in [6, 6.07) is 0.401. The second-order valence-electron chi connectivity index (χ2n) is 3.55. The van der Waals surface area contributed by atoms with Gasteiger partial charge >= 0.3 is 0 Å². The third-order valence-electron chi connectivity index (χ3n) is 2.42. The number of hydrogen-bond acceptors (Lipinski definition) is 2. The van der Waals surface area contributed by atoms with Crippen molar-refractivity contribution < 1.29 is 5.11 Å². The molecular formula is C9H17NO. The molecule has 1 saturated carbocycles. The van der Waals surface area contributed by atoms with Gasteiger partial charge in [0.2, 0.25) is 0 Å². The predicted molar refractivity (Wildman–Crippen MR) is 46.3 cm³/mol. The summed E-state index contributed by atoms with van der Waals surface area (Å²) in [4.78, 5) is 0. The molecule has 0 spiro atoms. The molecular weight excluding hydrogens is 138 g/mol. The number of aliphatic hydroxyl groups is 1. The number of allylic oxidation sites excluding steroid dienone is 1. The summed E-state index contributed by atoms with van der Waals surface area (Å²) in [6.07, 6.45) is 5.30. The average molecular weight is 155 g/mol. The molecule has 3 N–H and O–H groups in total. The van der Waals surface area contributed by atoms with E-state index in [1.165, 1.54) is 0 Å². The zero-order valence-electron chi connectivity index (χ0n) is 6.92. The zero-order chi connectivity index (χ0) is 8.27. The van der Waals surface area contributed by atoms with Crippen LogP contribution in [0.3, 0.4) is 0 Å². The van der Waals surface area contributed by atoms with E-state index in [1.54, 1.807) is 0 Å². The van der Waals surface area contributed by atoms with E-state index in [2.05, 4.69) is 6.58 Å². The lowest BCUT2D eigenvalue weighted by molar-refractivity contribution is 0.282. The van der Waals surface area contributed by atoms with E-state index in [0.717, 1.165) is 32.1 Å².